The number of aromatic nitrogens is 1. The molecular formula is C12H12ClFN2O. The van der Waals surface area contributed by atoms with Crippen molar-refractivity contribution in [2.24, 2.45) is 0 Å². The van der Waals surface area contributed by atoms with Crippen LogP contribution in [0.1, 0.15) is 0 Å². The van der Waals surface area contributed by atoms with Crippen LogP contribution in [0.15, 0.2) is 24.4 Å². The van der Waals surface area contributed by atoms with Crippen molar-refractivity contribution >= 4 is 28.2 Å². The minimum absolute atomic E-state index is 0.0308. The number of anilines is 1. The number of aliphatic hydroxyl groups is 1. The van der Waals surface area contributed by atoms with E-state index >= 15 is 0 Å². The van der Waals surface area contributed by atoms with Gasteiger partial charge in [-0.25, -0.2) is 4.39 Å². The molecule has 17 heavy (non-hydrogen) atoms. The summed E-state index contributed by atoms with van der Waals surface area (Å²) in [5.74, 6) is -0.416. The lowest BCUT2D eigenvalue weighted by molar-refractivity contribution is 0.304. The van der Waals surface area contributed by atoms with Gasteiger partial charge in [0.2, 0.25) is 0 Å². The minimum atomic E-state index is -0.416. The third-order valence-electron chi connectivity index (χ3n) is 2.62. The highest BCUT2D eigenvalue weighted by molar-refractivity contribution is 6.35. The van der Waals surface area contributed by atoms with E-state index in [2.05, 4.69) is 4.98 Å². The number of fused-ring (bicyclic) bond motifs is 1. The number of halogens is 2. The molecule has 1 aromatic heterocycles. The first kappa shape index (κ1) is 12.1. The van der Waals surface area contributed by atoms with Crippen molar-refractivity contribution in [2.45, 2.75) is 0 Å². The van der Waals surface area contributed by atoms with Crippen LogP contribution in [0.2, 0.25) is 5.02 Å². The number of pyridine rings is 1. The van der Waals surface area contributed by atoms with Gasteiger partial charge < -0.3 is 10.0 Å². The molecule has 0 atom stereocenters. The number of likely N-dealkylation sites (N-methyl/N-ethyl adjacent to an activating group) is 1. The molecule has 0 unspecified atom stereocenters. The molecule has 1 aromatic carbocycles. The van der Waals surface area contributed by atoms with Crippen LogP contribution in [0, 0.1) is 5.82 Å². The van der Waals surface area contributed by atoms with E-state index in [9.17, 15) is 4.39 Å². The van der Waals surface area contributed by atoms with Gasteiger partial charge in [-0.1, -0.05) is 11.6 Å². The monoisotopic (exact) mass is 254 g/mol. The molecule has 0 spiro atoms. The van der Waals surface area contributed by atoms with Crippen molar-refractivity contribution in [3.63, 3.8) is 0 Å². The van der Waals surface area contributed by atoms with Crippen LogP contribution in [0.4, 0.5) is 10.1 Å². The van der Waals surface area contributed by atoms with Crippen LogP contribution in [-0.2, 0) is 0 Å². The molecule has 3 nitrogen and oxygen atoms in total. The molecule has 0 aliphatic rings. The van der Waals surface area contributed by atoms with Gasteiger partial charge in [-0.05, 0) is 18.2 Å². The Morgan fingerprint density at radius 1 is 1.41 bits per heavy atom. The summed E-state index contributed by atoms with van der Waals surface area (Å²) < 4.78 is 14.2. The van der Waals surface area contributed by atoms with Crippen molar-refractivity contribution in [1.29, 1.82) is 0 Å². The largest absolute Gasteiger partial charge is 0.395 e. The van der Waals surface area contributed by atoms with Crippen molar-refractivity contribution in [2.75, 3.05) is 25.1 Å². The molecule has 0 aliphatic heterocycles. The summed E-state index contributed by atoms with van der Waals surface area (Å²) in [7, 11) is 1.71. The molecule has 2 rings (SSSR count). The minimum Gasteiger partial charge on any atom is -0.395 e. The Morgan fingerprint density at radius 3 is 2.88 bits per heavy atom. The molecule has 2 aromatic rings. The maximum absolute atomic E-state index is 14.2. The Kier molecular flexibility index (Phi) is 3.45. The van der Waals surface area contributed by atoms with Crippen LogP contribution >= 0.6 is 11.6 Å². The zero-order chi connectivity index (χ0) is 12.4. The van der Waals surface area contributed by atoms with E-state index in [0.717, 1.165) is 0 Å². The molecule has 1 N–H and O–H groups in total. The summed E-state index contributed by atoms with van der Waals surface area (Å²) in [4.78, 5) is 5.63. The lowest BCUT2D eigenvalue weighted by atomic mass is 10.2. The molecule has 0 amide bonds. The van der Waals surface area contributed by atoms with Crippen molar-refractivity contribution in [3.05, 3.63) is 35.2 Å². The first-order valence-electron chi connectivity index (χ1n) is 5.20. The first-order valence-corrected chi connectivity index (χ1v) is 5.57. The van der Waals surface area contributed by atoms with Gasteiger partial charge >= 0.3 is 0 Å². The zero-order valence-electron chi connectivity index (χ0n) is 9.32. The van der Waals surface area contributed by atoms with E-state index in [1.807, 2.05) is 0 Å². The summed E-state index contributed by atoms with van der Waals surface area (Å²) >= 11 is 5.96. The summed E-state index contributed by atoms with van der Waals surface area (Å²) in [5, 5.41) is 9.91. The lowest BCUT2D eigenvalue weighted by Gasteiger charge is -2.19. The number of nitrogens with zero attached hydrogens (tertiary/aromatic N) is 2. The van der Waals surface area contributed by atoms with E-state index in [1.165, 1.54) is 6.20 Å². The molecule has 5 heteroatoms. The molecule has 0 saturated carbocycles. The van der Waals surface area contributed by atoms with E-state index in [4.69, 9.17) is 16.7 Å². The second kappa shape index (κ2) is 4.85. The van der Waals surface area contributed by atoms with Gasteiger partial charge in [0.15, 0.2) is 5.82 Å². The predicted octanol–water partition coefficient (Wildman–Crippen LogP) is 2.46. The van der Waals surface area contributed by atoms with Gasteiger partial charge in [0.05, 0.1) is 17.3 Å². The molecule has 0 bridgehead atoms. The van der Waals surface area contributed by atoms with Crippen LogP contribution < -0.4 is 4.90 Å². The van der Waals surface area contributed by atoms with Crippen LogP contribution in [0.25, 0.3) is 10.9 Å². The van der Waals surface area contributed by atoms with Gasteiger partial charge in [0.25, 0.3) is 0 Å². The van der Waals surface area contributed by atoms with Crippen molar-refractivity contribution in [3.8, 4) is 0 Å². The zero-order valence-corrected chi connectivity index (χ0v) is 10.1. The van der Waals surface area contributed by atoms with Gasteiger partial charge in [0, 0.05) is 25.2 Å². The molecule has 90 valence electrons. The van der Waals surface area contributed by atoms with E-state index < -0.39 is 5.82 Å². The molecular weight excluding hydrogens is 243 g/mol. The Bertz CT molecular complexity index is 547. The second-order valence-electron chi connectivity index (χ2n) is 3.73. The van der Waals surface area contributed by atoms with Gasteiger partial charge in [-0.3, -0.25) is 4.98 Å². The highest BCUT2D eigenvalue weighted by Gasteiger charge is 2.13. The number of hydrogen-bond acceptors (Lipinski definition) is 3. The Labute approximate surface area is 103 Å². The van der Waals surface area contributed by atoms with Crippen molar-refractivity contribution in [1.82, 2.24) is 4.98 Å². The summed E-state index contributed by atoms with van der Waals surface area (Å²) in [6.45, 7) is 0.333. The smallest absolute Gasteiger partial charge is 0.172 e. The normalized spacial score (nSPS) is 10.8. The third-order valence-corrected chi connectivity index (χ3v) is 2.95. The SMILES string of the molecule is CN(CCO)c1ccc2c(Cl)ccnc2c1F. The van der Waals surface area contributed by atoms with Crippen LogP contribution in [0.5, 0.6) is 0 Å². The van der Waals surface area contributed by atoms with Crippen molar-refractivity contribution < 1.29 is 9.50 Å². The average molecular weight is 255 g/mol. The molecule has 0 aliphatic carbocycles. The molecule has 0 saturated heterocycles. The lowest BCUT2D eigenvalue weighted by Crippen LogP contribution is -2.22. The molecule has 0 radical (unpaired) electrons. The van der Waals surface area contributed by atoms with Gasteiger partial charge in [-0.2, -0.15) is 0 Å². The predicted molar refractivity (Wildman–Crippen MR) is 67.1 cm³/mol. The molecule has 0 fully saturated rings. The fourth-order valence-corrected chi connectivity index (χ4v) is 1.91. The van der Waals surface area contributed by atoms with Gasteiger partial charge in [0.1, 0.15) is 5.52 Å². The maximum Gasteiger partial charge on any atom is 0.172 e. The highest BCUT2D eigenvalue weighted by atomic mass is 35.5. The fraction of sp³-hybridized carbons (Fsp3) is 0.250. The van der Waals surface area contributed by atoms with E-state index in [1.54, 1.807) is 30.1 Å². The van der Waals surface area contributed by atoms with Crippen LogP contribution in [-0.4, -0.2) is 30.3 Å². The topological polar surface area (TPSA) is 36.4 Å². The summed E-state index contributed by atoms with van der Waals surface area (Å²) in [6, 6.07) is 5.00. The summed E-state index contributed by atoms with van der Waals surface area (Å²) in [5.41, 5.74) is 0.654. The average Bonchev–Trinajstić information content (AvgIpc) is 2.31. The number of rotatable bonds is 3. The Morgan fingerprint density at radius 2 is 2.18 bits per heavy atom. The van der Waals surface area contributed by atoms with Crippen LogP contribution in [0.3, 0.4) is 0 Å². The maximum atomic E-state index is 14.2. The first-order chi connectivity index (χ1) is 8.15. The Hall–Kier alpha value is -1.39. The number of benzene rings is 1. The van der Waals surface area contributed by atoms with Gasteiger partial charge in [-0.15, -0.1) is 0 Å². The number of hydrogen-bond donors (Lipinski definition) is 1. The number of aliphatic hydroxyl groups excluding tert-OH is 1. The quantitative estimate of drug-likeness (QED) is 0.914. The standard InChI is InChI=1S/C12H12ClFN2O/c1-16(6-7-17)10-3-2-8-9(13)4-5-15-12(8)11(10)14/h2-5,17H,6-7H2,1H3. The van der Waals surface area contributed by atoms with E-state index in [-0.39, 0.29) is 12.1 Å². The molecule has 1 heterocycles. The second-order valence-corrected chi connectivity index (χ2v) is 4.14. The summed E-state index contributed by atoms with van der Waals surface area (Å²) in [6.07, 6.45) is 1.48. The van der Waals surface area contributed by atoms with E-state index in [0.29, 0.717) is 22.6 Å². The third kappa shape index (κ3) is 2.18. The highest BCUT2D eigenvalue weighted by Crippen LogP contribution is 2.29. The fourth-order valence-electron chi connectivity index (χ4n) is 1.71. The Balaban J connectivity index is 2.58.